The lowest BCUT2D eigenvalue weighted by Crippen LogP contribution is -2.42. The molecule has 194 valence electrons. The van der Waals surface area contributed by atoms with Crippen LogP contribution in [0, 0.1) is 11.3 Å². The van der Waals surface area contributed by atoms with E-state index < -0.39 is 24.0 Å². The summed E-state index contributed by atoms with van der Waals surface area (Å²) in [6.07, 6.45) is 9.65. The van der Waals surface area contributed by atoms with Gasteiger partial charge in [0.1, 0.15) is 13.2 Å². The number of carbonyl (C=O) groups is 2. The molecule has 0 saturated heterocycles. The molecule has 1 saturated carbocycles. The number of esters is 2. The summed E-state index contributed by atoms with van der Waals surface area (Å²) in [7, 11) is 0. The predicted octanol–water partition coefficient (Wildman–Crippen LogP) is 6.30. The largest absolute Gasteiger partial charge is 0.462 e. The van der Waals surface area contributed by atoms with Crippen molar-refractivity contribution in [2.75, 3.05) is 19.8 Å². The van der Waals surface area contributed by atoms with Crippen molar-refractivity contribution in [3.8, 4) is 0 Å². The highest BCUT2D eigenvalue weighted by Crippen LogP contribution is 2.46. The number of ether oxygens (including phenoxy) is 2. The molecule has 1 aliphatic rings. The third kappa shape index (κ3) is 8.34. The summed E-state index contributed by atoms with van der Waals surface area (Å²) in [6.45, 7) is 13.0. The SMILES string of the molecule is C=C(C)C(=O)OCC(CC)(COC(=O)C(=C)CO)C1CCC(c2ccc(CCCCC)cc2)CC1. The topological polar surface area (TPSA) is 72.8 Å². The minimum absolute atomic E-state index is 0.0239. The standard InChI is InChI=1S/C30H44O5/c1-6-8-9-10-24-11-13-25(14-12-24)26-15-17-27(18-16-26)30(7-2,20-34-28(32)22(3)4)21-35-29(33)23(5)19-31/h11-14,26-27,31H,3,5-10,15-21H2,1-2,4H3. The molecular formula is C30H44O5. The highest BCUT2D eigenvalue weighted by molar-refractivity contribution is 5.88. The Morgan fingerprint density at radius 2 is 1.57 bits per heavy atom. The molecule has 0 bridgehead atoms. The summed E-state index contributed by atoms with van der Waals surface area (Å²) in [6, 6.07) is 9.13. The van der Waals surface area contributed by atoms with Crippen molar-refractivity contribution < 1.29 is 24.2 Å². The number of aliphatic hydroxyl groups is 1. The van der Waals surface area contributed by atoms with Crippen molar-refractivity contribution in [3.05, 3.63) is 59.7 Å². The molecule has 1 fully saturated rings. The number of rotatable bonds is 14. The van der Waals surface area contributed by atoms with Gasteiger partial charge in [0, 0.05) is 11.0 Å². The Labute approximate surface area is 211 Å². The Morgan fingerprint density at radius 3 is 2.09 bits per heavy atom. The zero-order valence-corrected chi connectivity index (χ0v) is 21.9. The van der Waals surface area contributed by atoms with Crippen LogP contribution in [0.3, 0.4) is 0 Å². The van der Waals surface area contributed by atoms with Crippen molar-refractivity contribution in [1.29, 1.82) is 0 Å². The number of benzene rings is 1. The predicted molar refractivity (Wildman–Crippen MR) is 140 cm³/mol. The van der Waals surface area contributed by atoms with Crippen LogP contribution in [0.4, 0.5) is 0 Å². The fraction of sp³-hybridized carbons (Fsp3) is 0.600. The third-order valence-corrected chi connectivity index (χ3v) is 7.63. The average molecular weight is 485 g/mol. The molecule has 0 aliphatic heterocycles. The van der Waals surface area contributed by atoms with Crippen molar-refractivity contribution in [3.63, 3.8) is 0 Å². The molecule has 5 heteroatoms. The van der Waals surface area contributed by atoms with Gasteiger partial charge in [-0.2, -0.15) is 0 Å². The van der Waals surface area contributed by atoms with Crippen molar-refractivity contribution in [2.24, 2.45) is 11.3 Å². The number of aliphatic hydroxyl groups excluding tert-OH is 1. The van der Waals surface area contributed by atoms with E-state index in [1.54, 1.807) is 6.92 Å². The normalized spacial score (nSPS) is 19.4. The maximum Gasteiger partial charge on any atom is 0.335 e. The first-order valence-corrected chi connectivity index (χ1v) is 13.1. The first-order chi connectivity index (χ1) is 16.8. The Hall–Kier alpha value is -2.40. The summed E-state index contributed by atoms with van der Waals surface area (Å²) < 4.78 is 11.1. The quantitative estimate of drug-likeness (QED) is 0.191. The van der Waals surface area contributed by atoms with Gasteiger partial charge in [0.25, 0.3) is 0 Å². The van der Waals surface area contributed by atoms with Gasteiger partial charge in [-0.25, -0.2) is 9.59 Å². The van der Waals surface area contributed by atoms with E-state index >= 15 is 0 Å². The number of hydrogen-bond donors (Lipinski definition) is 1. The maximum atomic E-state index is 12.2. The van der Waals surface area contributed by atoms with Crippen LogP contribution in [-0.4, -0.2) is 36.9 Å². The van der Waals surface area contributed by atoms with Crippen LogP contribution in [0.1, 0.15) is 89.2 Å². The maximum absolute atomic E-state index is 12.2. The Balaban J connectivity index is 2.07. The number of unbranched alkanes of at least 4 members (excludes halogenated alkanes) is 2. The van der Waals surface area contributed by atoms with Crippen LogP contribution in [0.2, 0.25) is 0 Å². The van der Waals surface area contributed by atoms with Crippen LogP contribution in [0.25, 0.3) is 0 Å². The number of hydrogen-bond acceptors (Lipinski definition) is 5. The van der Waals surface area contributed by atoms with Gasteiger partial charge in [0.2, 0.25) is 0 Å². The molecular weight excluding hydrogens is 440 g/mol. The summed E-state index contributed by atoms with van der Waals surface area (Å²) in [5, 5.41) is 9.21. The fourth-order valence-corrected chi connectivity index (χ4v) is 5.05. The van der Waals surface area contributed by atoms with Gasteiger partial charge < -0.3 is 14.6 Å². The highest BCUT2D eigenvalue weighted by atomic mass is 16.5. The molecule has 0 spiro atoms. The van der Waals surface area contributed by atoms with E-state index in [0.29, 0.717) is 17.9 Å². The van der Waals surface area contributed by atoms with Gasteiger partial charge in [-0.05, 0) is 74.8 Å². The Bertz CT molecular complexity index is 848. The fourth-order valence-electron chi connectivity index (χ4n) is 5.05. The van der Waals surface area contributed by atoms with Crippen molar-refractivity contribution >= 4 is 11.9 Å². The van der Waals surface area contributed by atoms with E-state index in [9.17, 15) is 14.7 Å². The van der Waals surface area contributed by atoms with Crippen LogP contribution < -0.4 is 0 Å². The molecule has 1 unspecified atom stereocenters. The molecule has 0 heterocycles. The van der Waals surface area contributed by atoms with Crippen LogP contribution in [-0.2, 0) is 25.5 Å². The first kappa shape index (κ1) is 28.8. The molecule has 1 aliphatic carbocycles. The smallest absolute Gasteiger partial charge is 0.335 e. The Morgan fingerprint density at radius 1 is 0.971 bits per heavy atom. The van der Waals surface area contributed by atoms with Crippen molar-refractivity contribution in [1.82, 2.24) is 0 Å². The molecule has 1 atom stereocenters. The number of aryl methyl sites for hydroxylation is 1. The summed E-state index contributed by atoms with van der Waals surface area (Å²) in [4.78, 5) is 24.4. The van der Waals surface area contributed by atoms with E-state index in [0.717, 1.165) is 32.1 Å². The van der Waals surface area contributed by atoms with Crippen LogP contribution in [0.5, 0.6) is 0 Å². The van der Waals surface area contributed by atoms with E-state index in [-0.39, 0.29) is 24.7 Å². The highest BCUT2D eigenvalue weighted by Gasteiger charge is 2.42. The summed E-state index contributed by atoms with van der Waals surface area (Å²) >= 11 is 0. The molecule has 0 radical (unpaired) electrons. The lowest BCUT2D eigenvalue weighted by molar-refractivity contribution is -0.154. The van der Waals surface area contributed by atoms with Gasteiger partial charge in [-0.3, -0.25) is 0 Å². The molecule has 0 aromatic heterocycles. The molecule has 5 nitrogen and oxygen atoms in total. The monoisotopic (exact) mass is 484 g/mol. The molecule has 1 aromatic rings. The zero-order valence-electron chi connectivity index (χ0n) is 21.9. The summed E-state index contributed by atoms with van der Waals surface area (Å²) in [5.41, 5.74) is 2.69. The first-order valence-electron chi connectivity index (χ1n) is 13.1. The van der Waals surface area contributed by atoms with Gasteiger partial charge in [-0.15, -0.1) is 0 Å². The second kappa shape index (κ2) is 14.2. The van der Waals surface area contributed by atoms with E-state index in [1.165, 1.54) is 30.4 Å². The molecule has 1 N–H and O–H groups in total. The van der Waals surface area contributed by atoms with Crippen LogP contribution in [0.15, 0.2) is 48.6 Å². The minimum atomic E-state index is -0.607. The lowest BCUT2D eigenvalue weighted by atomic mass is 9.65. The van der Waals surface area contributed by atoms with Gasteiger partial charge in [0.15, 0.2) is 0 Å². The molecule has 2 rings (SSSR count). The minimum Gasteiger partial charge on any atom is -0.462 e. The molecule has 1 aromatic carbocycles. The lowest BCUT2D eigenvalue weighted by Gasteiger charge is -2.43. The van der Waals surface area contributed by atoms with Crippen molar-refractivity contribution in [2.45, 2.75) is 84.5 Å². The third-order valence-electron chi connectivity index (χ3n) is 7.63. The second-order valence-corrected chi connectivity index (χ2v) is 10.2. The summed E-state index contributed by atoms with van der Waals surface area (Å²) in [5.74, 6) is -0.267. The van der Waals surface area contributed by atoms with Crippen LogP contribution >= 0.6 is 0 Å². The average Bonchev–Trinajstić information content (AvgIpc) is 2.89. The Kier molecular flexibility index (Phi) is 11.7. The zero-order chi connectivity index (χ0) is 25.8. The van der Waals surface area contributed by atoms with Gasteiger partial charge >= 0.3 is 11.9 Å². The molecule has 0 amide bonds. The number of carbonyl (C=O) groups excluding carboxylic acids is 2. The molecule has 35 heavy (non-hydrogen) atoms. The van der Waals surface area contributed by atoms with Gasteiger partial charge in [-0.1, -0.05) is 64.1 Å². The van der Waals surface area contributed by atoms with Gasteiger partial charge in [0.05, 0.1) is 12.2 Å². The van der Waals surface area contributed by atoms with E-state index in [1.807, 2.05) is 6.92 Å². The van der Waals surface area contributed by atoms with E-state index in [4.69, 9.17) is 9.47 Å². The second-order valence-electron chi connectivity index (χ2n) is 10.2. The van der Waals surface area contributed by atoms with E-state index in [2.05, 4.69) is 44.3 Å².